The molecule has 2 nitrogen and oxygen atoms in total. The third-order valence-electron chi connectivity index (χ3n) is 2.95. The van der Waals surface area contributed by atoms with Crippen LogP contribution in [-0.4, -0.2) is 18.9 Å². The number of allylic oxidation sites excluding steroid dienone is 1. The topological polar surface area (TPSA) is 29.1 Å². The predicted molar refractivity (Wildman–Crippen MR) is 54.6 cm³/mol. The SMILES string of the molecule is C=C(CC)CC(=O)C(C)C1CNC1. The molecule has 0 radical (unpaired) electrons. The van der Waals surface area contributed by atoms with Gasteiger partial charge < -0.3 is 5.32 Å². The molecule has 1 atom stereocenters. The number of ketones is 1. The van der Waals surface area contributed by atoms with E-state index in [0.717, 1.165) is 25.1 Å². The van der Waals surface area contributed by atoms with Gasteiger partial charge in [-0.1, -0.05) is 26.0 Å². The fraction of sp³-hybridized carbons (Fsp3) is 0.727. The Balaban J connectivity index is 2.33. The second-order valence-corrected chi connectivity index (χ2v) is 3.95. The fourth-order valence-corrected chi connectivity index (χ4v) is 1.46. The van der Waals surface area contributed by atoms with Crippen LogP contribution in [0.15, 0.2) is 12.2 Å². The highest BCUT2D eigenvalue weighted by molar-refractivity contribution is 5.83. The molecular weight excluding hydrogens is 162 g/mol. The summed E-state index contributed by atoms with van der Waals surface area (Å²) in [6.45, 7) is 9.96. The minimum atomic E-state index is 0.213. The van der Waals surface area contributed by atoms with E-state index in [1.807, 2.05) is 13.8 Å². The van der Waals surface area contributed by atoms with Crippen molar-refractivity contribution in [3.05, 3.63) is 12.2 Å². The first-order valence-electron chi connectivity index (χ1n) is 5.05. The monoisotopic (exact) mass is 181 g/mol. The van der Waals surface area contributed by atoms with Gasteiger partial charge in [0.15, 0.2) is 0 Å². The highest BCUT2D eigenvalue weighted by atomic mass is 16.1. The van der Waals surface area contributed by atoms with Gasteiger partial charge in [0.25, 0.3) is 0 Å². The third kappa shape index (κ3) is 2.66. The van der Waals surface area contributed by atoms with Crippen LogP contribution in [0.25, 0.3) is 0 Å². The van der Waals surface area contributed by atoms with Crippen LogP contribution in [0.4, 0.5) is 0 Å². The summed E-state index contributed by atoms with van der Waals surface area (Å²) in [5, 5.41) is 3.19. The lowest BCUT2D eigenvalue weighted by Gasteiger charge is -2.31. The first-order valence-corrected chi connectivity index (χ1v) is 5.05. The standard InChI is InChI=1S/C11H19NO/c1-4-8(2)5-11(13)9(3)10-6-12-7-10/h9-10,12H,2,4-7H2,1,3H3. The highest BCUT2D eigenvalue weighted by Crippen LogP contribution is 2.20. The van der Waals surface area contributed by atoms with Crippen LogP contribution in [0.1, 0.15) is 26.7 Å². The molecule has 74 valence electrons. The van der Waals surface area contributed by atoms with E-state index in [1.54, 1.807) is 0 Å². The van der Waals surface area contributed by atoms with Gasteiger partial charge in [-0.15, -0.1) is 0 Å². The van der Waals surface area contributed by atoms with E-state index in [-0.39, 0.29) is 5.92 Å². The Kier molecular flexibility index (Phi) is 3.67. The molecule has 0 aliphatic carbocycles. The van der Waals surface area contributed by atoms with Crippen LogP contribution in [0.2, 0.25) is 0 Å². The zero-order valence-electron chi connectivity index (χ0n) is 8.60. The highest BCUT2D eigenvalue weighted by Gasteiger charge is 2.28. The number of carbonyl (C=O) groups excluding carboxylic acids is 1. The summed E-state index contributed by atoms with van der Waals surface area (Å²) in [7, 11) is 0. The molecule has 0 aromatic rings. The van der Waals surface area contributed by atoms with E-state index in [0.29, 0.717) is 18.1 Å². The molecule has 0 aromatic carbocycles. The molecule has 1 aliphatic rings. The Bertz CT molecular complexity index is 206. The van der Waals surface area contributed by atoms with E-state index in [9.17, 15) is 4.79 Å². The van der Waals surface area contributed by atoms with Crippen molar-refractivity contribution in [2.24, 2.45) is 11.8 Å². The minimum Gasteiger partial charge on any atom is -0.316 e. The third-order valence-corrected chi connectivity index (χ3v) is 2.95. The number of hydrogen-bond acceptors (Lipinski definition) is 2. The molecule has 0 saturated carbocycles. The molecular formula is C11H19NO. The molecule has 1 saturated heterocycles. The molecule has 0 bridgehead atoms. The Morgan fingerprint density at radius 3 is 2.62 bits per heavy atom. The van der Waals surface area contributed by atoms with Crippen LogP contribution in [0, 0.1) is 11.8 Å². The van der Waals surface area contributed by atoms with Gasteiger partial charge in [-0.25, -0.2) is 0 Å². The summed E-state index contributed by atoms with van der Waals surface area (Å²) in [5.41, 5.74) is 1.06. The molecule has 1 rings (SSSR count). The average Bonchev–Trinajstić information content (AvgIpc) is 2.00. The van der Waals surface area contributed by atoms with Gasteiger partial charge in [0.05, 0.1) is 0 Å². The van der Waals surface area contributed by atoms with Crippen LogP contribution in [-0.2, 0) is 4.79 Å². The number of carbonyl (C=O) groups is 1. The predicted octanol–water partition coefficient (Wildman–Crippen LogP) is 1.77. The molecule has 0 amide bonds. The zero-order valence-corrected chi connectivity index (χ0v) is 8.60. The van der Waals surface area contributed by atoms with E-state index in [2.05, 4.69) is 11.9 Å². The first-order chi connectivity index (χ1) is 6.15. The smallest absolute Gasteiger partial charge is 0.140 e. The van der Waals surface area contributed by atoms with Crippen LogP contribution in [0.3, 0.4) is 0 Å². The number of nitrogens with one attached hydrogen (secondary N) is 1. The van der Waals surface area contributed by atoms with Crippen molar-refractivity contribution >= 4 is 5.78 Å². The van der Waals surface area contributed by atoms with Gasteiger partial charge in [0.1, 0.15) is 5.78 Å². The summed E-state index contributed by atoms with van der Waals surface area (Å²) in [6.07, 6.45) is 1.50. The zero-order chi connectivity index (χ0) is 9.84. The Labute approximate surface area is 80.4 Å². The lowest BCUT2D eigenvalue weighted by Crippen LogP contribution is -2.47. The Morgan fingerprint density at radius 2 is 2.23 bits per heavy atom. The lowest BCUT2D eigenvalue weighted by molar-refractivity contribution is -0.123. The molecule has 13 heavy (non-hydrogen) atoms. The molecule has 0 aromatic heterocycles. The normalized spacial score (nSPS) is 19.2. The largest absolute Gasteiger partial charge is 0.316 e. The number of hydrogen-bond donors (Lipinski definition) is 1. The Morgan fingerprint density at radius 1 is 1.62 bits per heavy atom. The van der Waals surface area contributed by atoms with Crippen LogP contribution < -0.4 is 5.32 Å². The van der Waals surface area contributed by atoms with E-state index in [1.165, 1.54) is 0 Å². The maximum atomic E-state index is 11.7. The molecule has 0 spiro atoms. The quantitative estimate of drug-likeness (QED) is 0.655. The maximum absolute atomic E-state index is 11.7. The molecule has 1 heterocycles. The summed E-state index contributed by atoms with van der Waals surface area (Å²) in [4.78, 5) is 11.7. The fourth-order valence-electron chi connectivity index (χ4n) is 1.46. The van der Waals surface area contributed by atoms with Gasteiger partial charge in [-0.3, -0.25) is 4.79 Å². The van der Waals surface area contributed by atoms with Crippen molar-refractivity contribution < 1.29 is 4.79 Å². The van der Waals surface area contributed by atoms with Crippen molar-refractivity contribution in [3.63, 3.8) is 0 Å². The average molecular weight is 181 g/mol. The lowest BCUT2D eigenvalue weighted by atomic mass is 9.84. The van der Waals surface area contributed by atoms with E-state index >= 15 is 0 Å². The van der Waals surface area contributed by atoms with Crippen molar-refractivity contribution in [3.8, 4) is 0 Å². The minimum absolute atomic E-state index is 0.213. The summed E-state index contributed by atoms with van der Waals surface area (Å²) < 4.78 is 0. The van der Waals surface area contributed by atoms with Gasteiger partial charge in [-0.2, -0.15) is 0 Å². The van der Waals surface area contributed by atoms with Gasteiger partial charge in [-0.05, 0) is 25.4 Å². The van der Waals surface area contributed by atoms with Crippen LogP contribution in [0.5, 0.6) is 0 Å². The van der Waals surface area contributed by atoms with Crippen LogP contribution >= 0.6 is 0 Å². The van der Waals surface area contributed by atoms with E-state index in [4.69, 9.17) is 0 Å². The van der Waals surface area contributed by atoms with Gasteiger partial charge >= 0.3 is 0 Å². The number of rotatable bonds is 5. The molecule has 1 aliphatic heterocycles. The van der Waals surface area contributed by atoms with Crippen molar-refractivity contribution in [2.45, 2.75) is 26.7 Å². The van der Waals surface area contributed by atoms with Gasteiger partial charge in [0, 0.05) is 12.3 Å². The molecule has 1 N–H and O–H groups in total. The first kappa shape index (κ1) is 10.5. The molecule has 1 fully saturated rings. The van der Waals surface area contributed by atoms with E-state index < -0.39 is 0 Å². The molecule has 1 unspecified atom stereocenters. The second kappa shape index (κ2) is 4.56. The summed E-state index contributed by atoms with van der Waals surface area (Å²) in [5.74, 6) is 1.14. The summed E-state index contributed by atoms with van der Waals surface area (Å²) in [6, 6.07) is 0. The van der Waals surface area contributed by atoms with Crippen molar-refractivity contribution in [1.82, 2.24) is 5.32 Å². The Hall–Kier alpha value is -0.630. The maximum Gasteiger partial charge on any atom is 0.140 e. The van der Waals surface area contributed by atoms with Crippen molar-refractivity contribution in [1.29, 1.82) is 0 Å². The van der Waals surface area contributed by atoms with Gasteiger partial charge in [0.2, 0.25) is 0 Å². The molecule has 2 heteroatoms. The second-order valence-electron chi connectivity index (χ2n) is 3.95. The number of Topliss-reactive ketones (excluding diaryl/α,β-unsaturated/α-hetero) is 1. The summed E-state index contributed by atoms with van der Waals surface area (Å²) >= 11 is 0. The van der Waals surface area contributed by atoms with Crippen molar-refractivity contribution in [2.75, 3.05) is 13.1 Å².